The molecule has 3 N–H and O–H groups in total. The van der Waals surface area contributed by atoms with Crippen LogP contribution in [-0.2, 0) is 20.9 Å². The van der Waals surface area contributed by atoms with Crippen LogP contribution in [0.5, 0.6) is 5.75 Å². The maximum absolute atomic E-state index is 13.4. The standard InChI is InChI=1S/C26H36N4O6/c1-17(34-2)23(26(33)27-16-19-11-7-8-12-21(19)35-3)30-24(31)20(15-18-9-5-4-6-10-18)29-25(32)22-13-14-28-36-22/h7-8,11-14,17-18,20,23H,4-6,9-10,15-16H2,1-3H3,(H,27,33)(H,29,32)(H,30,31)/t17-,20?,23+/m1/s1. The van der Waals surface area contributed by atoms with E-state index in [1.54, 1.807) is 14.0 Å². The summed E-state index contributed by atoms with van der Waals surface area (Å²) in [6.45, 7) is 1.93. The second kappa shape index (κ2) is 13.6. The Kier molecular flexibility index (Phi) is 10.3. The Morgan fingerprint density at radius 3 is 2.47 bits per heavy atom. The normalized spacial score (nSPS) is 16.4. The number of methoxy groups -OCH3 is 2. The summed E-state index contributed by atoms with van der Waals surface area (Å²) in [5.74, 6) is -0.396. The fraction of sp³-hybridized carbons (Fsp3) is 0.538. The Labute approximate surface area is 211 Å². The van der Waals surface area contributed by atoms with Crippen LogP contribution in [0.25, 0.3) is 0 Å². The van der Waals surface area contributed by atoms with Crippen molar-refractivity contribution in [1.82, 2.24) is 21.1 Å². The van der Waals surface area contributed by atoms with Gasteiger partial charge >= 0.3 is 0 Å². The highest BCUT2D eigenvalue weighted by Crippen LogP contribution is 2.27. The molecule has 0 spiro atoms. The van der Waals surface area contributed by atoms with Crippen LogP contribution in [0.3, 0.4) is 0 Å². The van der Waals surface area contributed by atoms with Crippen molar-refractivity contribution >= 4 is 17.7 Å². The van der Waals surface area contributed by atoms with Crippen LogP contribution in [0.1, 0.15) is 61.6 Å². The van der Waals surface area contributed by atoms with Gasteiger partial charge in [-0.2, -0.15) is 0 Å². The van der Waals surface area contributed by atoms with Gasteiger partial charge in [-0.3, -0.25) is 14.4 Å². The molecule has 1 aliphatic rings. The van der Waals surface area contributed by atoms with E-state index >= 15 is 0 Å². The fourth-order valence-corrected chi connectivity index (χ4v) is 4.48. The minimum Gasteiger partial charge on any atom is -0.496 e. The van der Waals surface area contributed by atoms with Gasteiger partial charge in [0.15, 0.2) is 0 Å². The highest BCUT2D eigenvalue weighted by molar-refractivity contribution is 5.96. The Bertz CT molecular complexity index is 990. The molecule has 36 heavy (non-hydrogen) atoms. The smallest absolute Gasteiger partial charge is 0.290 e. The molecule has 1 aromatic carbocycles. The van der Waals surface area contributed by atoms with Gasteiger partial charge in [0.05, 0.1) is 19.4 Å². The molecule has 1 aliphatic carbocycles. The summed E-state index contributed by atoms with van der Waals surface area (Å²) in [5, 5.41) is 12.0. The van der Waals surface area contributed by atoms with E-state index < -0.39 is 35.9 Å². The molecule has 10 nitrogen and oxygen atoms in total. The molecule has 0 aliphatic heterocycles. The number of carbonyl (C=O) groups excluding carboxylic acids is 3. The second-order valence-electron chi connectivity index (χ2n) is 9.10. The second-order valence-corrected chi connectivity index (χ2v) is 9.10. The van der Waals surface area contributed by atoms with Crippen LogP contribution in [0.2, 0.25) is 0 Å². The van der Waals surface area contributed by atoms with E-state index in [1.165, 1.54) is 25.8 Å². The van der Waals surface area contributed by atoms with Gasteiger partial charge < -0.3 is 29.9 Å². The first-order chi connectivity index (χ1) is 17.4. The van der Waals surface area contributed by atoms with Gasteiger partial charge in [0.2, 0.25) is 17.6 Å². The molecule has 2 aromatic rings. The molecule has 0 radical (unpaired) electrons. The van der Waals surface area contributed by atoms with Crippen LogP contribution >= 0.6 is 0 Å². The first-order valence-electron chi connectivity index (χ1n) is 12.4. The van der Waals surface area contributed by atoms with Crippen LogP contribution in [-0.4, -0.2) is 55.3 Å². The van der Waals surface area contributed by atoms with Crippen LogP contribution in [0, 0.1) is 5.92 Å². The zero-order chi connectivity index (χ0) is 25.9. The number of amides is 3. The van der Waals surface area contributed by atoms with Crippen molar-refractivity contribution in [2.45, 2.75) is 70.2 Å². The predicted octanol–water partition coefficient (Wildman–Crippen LogP) is 2.59. The minimum absolute atomic E-state index is 0.0211. The van der Waals surface area contributed by atoms with E-state index in [0.29, 0.717) is 18.1 Å². The van der Waals surface area contributed by atoms with Crippen molar-refractivity contribution in [2.75, 3.05) is 14.2 Å². The lowest BCUT2D eigenvalue weighted by Crippen LogP contribution is -2.57. The zero-order valence-corrected chi connectivity index (χ0v) is 21.1. The molecule has 196 valence electrons. The topological polar surface area (TPSA) is 132 Å². The summed E-state index contributed by atoms with van der Waals surface area (Å²) >= 11 is 0. The first kappa shape index (κ1) is 27.2. The molecule has 1 unspecified atom stereocenters. The van der Waals surface area contributed by atoms with E-state index in [-0.39, 0.29) is 12.3 Å². The molecule has 0 saturated heterocycles. The third kappa shape index (κ3) is 7.55. The third-order valence-electron chi connectivity index (χ3n) is 6.64. The zero-order valence-electron chi connectivity index (χ0n) is 21.1. The number of rotatable bonds is 12. The highest BCUT2D eigenvalue weighted by atomic mass is 16.5. The van der Waals surface area contributed by atoms with Crippen LogP contribution in [0.15, 0.2) is 41.1 Å². The Hall–Kier alpha value is -3.40. The Balaban J connectivity index is 1.70. The summed E-state index contributed by atoms with van der Waals surface area (Å²) in [7, 11) is 3.04. The molecule has 3 atom stereocenters. The van der Waals surface area contributed by atoms with E-state index in [1.807, 2.05) is 24.3 Å². The van der Waals surface area contributed by atoms with Gasteiger partial charge in [-0.25, -0.2) is 0 Å². The summed E-state index contributed by atoms with van der Waals surface area (Å²) in [6.07, 6.45) is 6.62. The van der Waals surface area contributed by atoms with E-state index in [9.17, 15) is 14.4 Å². The quantitative estimate of drug-likeness (QED) is 0.408. The number of carbonyl (C=O) groups is 3. The van der Waals surface area contributed by atoms with Crippen molar-refractivity contribution in [3.05, 3.63) is 47.9 Å². The number of para-hydroxylation sites is 1. The largest absolute Gasteiger partial charge is 0.496 e. The van der Waals surface area contributed by atoms with E-state index in [4.69, 9.17) is 14.0 Å². The lowest BCUT2D eigenvalue weighted by molar-refractivity contribution is -0.133. The van der Waals surface area contributed by atoms with Crippen LogP contribution in [0.4, 0.5) is 0 Å². The van der Waals surface area contributed by atoms with Crippen molar-refractivity contribution in [3.8, 4) is 5.75 Å². The number of aromatic nitrogens is 1. The highest BCUT2D eigenvalue weighted by Gasteiger charge is 2.32. The van der Waals surface area contributed by atoms with Gasteiger partial charge in [0.25, 0.3) is 5.91 Å². The van der Waals surface area contributed by atoms with Crippen molar-refractivity contribution < 1.29 is 28.4 Å². The van der Waals surface area contributed by atoms with Gasteiger partial charge in [-0.15, -0.1) is 0 Å². The number of nitrogens with zero attached hydrogens (tertiary/aromatic N) is 1. The average Bonchev–Trinajstić information content (AvgIpc) is 3.45. The molecule has 1 saturated carbocycles. The summed E-state index contributed by atoms with van der Waals surface area (Å²) in [6, 6.07) is 7.00. The molecule has 1 fully saturated rings. The van der Waals surface area contributed by atoms with Crippen molar-refractivity contribution in [1.29, 1.82) is 0 Å². The maximum atomic E-state index is 13.4. The van der Waals surface area contributed by atoms with Gasteiger partial charge in [0.1, 0.15) is 17.8 Å². The Morgan fingerprint density at radius 2 is 1.81 bits per heavy atom. The molecule has 1 aromatic heterocycles. The average molecular weight is 501 g/mol. The van der Waals surface area contributed by atoms with E-state index in [2.05, 4.69) is 21.1 Å². The minimum atomic E-state index is -0.965. The number of nitrogens with one attached hydrogen (secondary N) is 3. The lowest BCUT2D eigenvalue weighted by atomic mass is 9.84. The van der Waals surface area contributed by atoms with Gasteiger partial charge in [0, 0.05) is 25.3 Å². The monoisotopic (exact) mass is 500 g/mol. The molecular formula is C26H36N4O6. The van der Waals surface area contributed by atoms with E-state index in [0.717, 1.165) is 31.2 Å². The molecule has 10 heteroatoms. The Morgan fingerprint density at radius 1 is 1.06 bits per heavy atom. The molecule has 1 heterocycles. The number of hydrogen-bond donors (Lipinski definition) is 3. The fourth-order valence-electron chi connectivity index (χ4n) is 4.48. The number of benzene rings is 1. The third-order valence-corrected chi connectivity index (χ3v) is 6.64. The van der Waals surface area contributed by atoms with Crippen molar-refractivity contribution in [3.63, 3.8) is 0 Å². The summed E-state index contributed by atoms with van der Waals surface area (Å²) < 4.78 is 15.7. The maximum Gasteiger partial charge on any atom is 0.290 e. The lowest BCUT2D eigenvalue weighted by Gasteiger charge is -2.29. The molecular weight excluding hydrogens is 464 g/mol. The van der Waals surface area contributed by atoms with Crippen molar-refractivity contribution in [2.24, 2.45) is 5.92 Å². The van der Waals surface area contributed by atoms with Gasteiger partial charge in [-0.1, -0.05) is 55.5 Å². The van der Waals surface area contributed by atoms with Crippen LogP contribution < -0.4 is 20.7 Å². The predicted molar refractivity (Wildman–Crippen MR) is 132 cm³/mol. The SMILES string of the molecule is COc1ccccc1CNC(=O)[C@@H](NC(=O)C(CC1CCCCC1)NC(=O)c1ccno1)[C@@H](C)OC. The number of ether oxygens (including phenoxy) is 2. The molecule has 0 bridgehead atoms. The summed E-state index contributed by atoms with van der Waals surface area (Å²) in [4.78, 5) is 39.2. The molecule has 3 amide bonds. The molecule has 3 rings (SSSR count). The number of hydrogen-bond acceptors (Lipinski definition) is 7. The van der Waals surface area contributed by atoms with Gasteiger partial charge in [-0.05, 0) is 25.3 Å². The first-order valence-corrected chi connectivity index (χ1v) is 12.4. The summed E-state index contributed by atoms with van der Waals surface area (Å²) in [5.41, 5.74) is 0.804.